The van der Waals surface area contributed by atoms with Crippen molar-refractivity contribution in [3.63, 3.8) is 0 Å². The van der Waals surface area contributed by atoms with Gasteiger partial charge in [0.15, 0.2) is 0 Å². The van der Waals surface area contributed by atoms with Crippen LogP contribution < -0.4 is 0 Å². The van der Waals surface area contributed by atoms with Gasteiger partial charge in [-0.1, -0.05) is 6.92 Å². The number of carbonyl (C=O) groups is 1. The van der Waals surface area contributed by atoms with E-state index in [1.54, 1.807) is 0 Å². The average Bonchev–Trinajstić information content (AvgIpc) is 2.82. The van der Waals surface area contributed by atoms with Crippen molar-refractivity contribution in [2.45, 2.75) is 70.8 Å². The molecule has 2 heteroatoms. The van der Waals surface area contributed by atoms with Gasteiger partial charge in [0, 0.05) is 12.3 Å². The molecule has 112 valence electrons. The predicted molar refractivity (Wildman–Crippen MR) is 78.1 cm³/mol. The third-order valence-electron chi connectivity index (χ3n) is 7.71. The van der Waals surface area contributed by atoms with Gasteiger partial charge >= 0.3 is 0 Å². The van der Waals surface area contributed by atoms with E-state index in [1.165, 1.54) is 32.1 Å². The quantitative estimate of drug-likeness (QED) is 0.734. The number of Topliss-reactive ketones (excluding diaryl/α,β-unsaturated/α-hetero) is 1. The number of hydrogen-bond acceptors (Lipinski definition) is 2. The number of fused-ring (bicyclic) bond motifs is 5. The number of rotatable bonds is 0. The van der Waals surface area contributed by atoms with Gasteiger partial charge in [-0.2, -0.15) is 0 Å². The minimum atomic E-state index is -0.0472. The molecule has 0 bridgehead atoms. The van der Waals surface area contributed by atoms with E-state index in [-0.39, 0.29) is 6.10 Å². The molecular formula is C18H28O2. The molecule has 20 heavy (non-hydrogen) atoms. The third kappa shape index (κ3) is 1.76. The van der Waals surface area contributed by atoms with Crippen LogP contribution in [0.5, 0.6) is 0 Å². The summed E-state index contributed by atoms with van der Waals surface area (Å²) in [6, 6.07) is 0. The summed E-state index contributed by atoms with van der Waals surface area (Å²) in [6.45, 7) is 2.51. The van der Waals surface area contributed by atoms with Crippen molar-refractivity contribution in [3.8, 4) is 0 Å². The maximum atomic E-state index is 12.1. The smallest absolute Gasteiger partial charge is 0.136 e. The topological polar surface area (TPSA) is 37.3 Å². The maximum Gasteiger partial charge on any atom is 0.136 e. The molecule has 1 N–H and O–H groups in total. The monoisotopic (exact) mass is 276 g/mol. The second-order valence-electron chi connectivity index (χ2n) is 8.33. The lowest BCUT2D eigenvalue weighted by Crippen LogP contribution is -2.51. The van der Waals surface area contributed by atoms with Gasteiger partial charge in [0.1, 0.15) is 5.78 Å². The first-order valence-electron chi connectivity index (χ1n) is 8.80. The summed E-state index contributed by atoms with van der Waals surface area (Å²) in [5.74, 6) is 4.09. The van der Waals surface area contributed by atoms with E-state index < -0.39 is 0 Å². The highest BCUT2D eigenvalue weighted by Crippen LogP contribution is 2.62. The van der Waals surface area contributed by atoms with E-state index in [0.717, 1.165) is 43.4 Å². The lowest BCUT2D eigenvalue weighted by molar-refractivity contribution is -0.129. The summed E-state index contributed by atoms with van der Waals surface area (Å²) in [5, 5.41) is 10.00. The Morgan fingerprint density at radius 3 is 2.75 bits per heavy atom. The largest absolute Gasteiger partial charge is 0.393 e. The molecule has 4 fully saturated rings. The SMILES string of the molecule is C[C@@]12CCC(O)C[C@@H]1CCC1C3CCC(=O)C3CCC12. The van der Waals surface area contributed by atoms with Crippen LogP contribution in [0.4, 0.5) is 0 Å². The molecule has 4 aliphatic carbocycles. The highest BCUT2D eigenvalue weighted by Gasteiger charge is 2.56. The number of hydrogen-bond donors (Lipinski definition) is 1. The van der Waals surface area contributed by atoms with Crippen molar-refractivity contribution >= 4 is 5.78 Å². The molecule has 0 heterocycles. The molecular weight excluding hydrogens is 248 g/mol. The number of ketones is 1. The molecule has 0 aliphatic heterocycles. The highest BCUT2D eigenvalue weighted by molar-refractivity contribution is 5.83. The van der Waals surface area contributed by atoms with Gasteiger partial charge in [-0.15, -0.1) is 0 Å². The molecule has 0 amide bonds. The summed E-state index contributed by atoms with van der Waals surface area (Å²) in [5.41, 5.74) is 0.457. The Morgan fingerprint density at radius 1 is 1.05 bits per heavy atom. The van der Waals surface area contributed by atoms with Gasteiger partial charge in [-0.25, -0.2) is 0 Å². The summed E-state index contributed by atoms with van der Waals surface area (Å²) < 4.78 is 0. The van der Waals surface area contributed by atoms with Crippen LogP contribution in [0, 0.1) is 35.0 Å². The normalized spacial score (nSPS) is 55.0. The third-order valence-corrected chi connectivity index (χ3v) is 7.71. The van der Waals surface area contributed by atoms with Crippen LogP contribution in [0.2, 0.25) is 0 Å². The van der Waals surface area contributed by atoms with E-state index >= 15 is 0 Å². The van der Waals surface area contributed by atoms with Crippen molar-refractivity contribution in [3.05, 3.63) is 0 Å². The number of aliphatic hydroxyl groups excluding tert-OH is 1. The van der Waals surface area contributed by atoms with Crippen molar-refractivity contribution in [1.82, 2.24) is 0 Å². The van der Waals surface area contributed by atoms with Gasteiger partial charge < -0.3 is 5.11 Å². The van der Waals surface area contributed by atoms with Crippen LogP contribution in [0.3, 0.4) is 0 Å². The number of aliphatic hydroxyl groups is 1. The van der Waals surface area contributed by atoms with Crippen LogP contribution >= 0.6 is 0 Å². The maximum absolute atomic E-state index is 12.1. The Labute approximate surface area is 122 Å². The Hall–Kier alpha value is -0.370. The molecule has 0 saturated heterocycles. The fraction of sp³-hybridized carbons (Fsp3) is 0.944. The summed E-state index contributed by atoms with van der Waals surface area (Å²) in [4.78, 5) is 12.1. The van der Waals surface area contributed by atoms with Crippen LogP contribution in [0.25, 0.3) is 0 Å². The zero-order valence-corrected chi connectivity index (χ0v) is 12.7. The Bertz CT molecular complexity index is 418. The standard InChI is InChI=1S/C18H28O2/c1-18-9-8-12(19)10-11(18)2-3-14-13-5-7-17(20)15(13)4-6-16(14)18/h11-16,19H,2-10H2,1H3/t11-,12?,13?,14?,15?,16?,18+/m0/s1. The Kier molecular flexibility index (Phi) is 3.03. The molecule has 2 nitrogen and oxygen atoms in total. The lowest BCUT2D eigenvalue weighted by Gasteiger charge is -2.58. The summed E-state index contributed by atoms with van der Waals surface area (Å²) in [6.07, 6.45) is 10.3. The minimum Gasteiger partial charge on any atom is -0.393 e. The molecule has 0 aromatic heterocycles. The Balaban J connectivity index is 1.61. The van der Waals surface area contributed by atoms with Crippen molar-refractivity contribution in [2.75, 3.05) is 0 Å². The van der Waals surface area contributed by atoms with E-state index in [0.29, 0.717) is 23.0 Å². The molecule has 0 radical (unpaired) electrons. The molecule has 0 aromatic rings. The second-order valence-corrected chi connectivity index (χ2v) is 8.33. The van der Waals surface area contributed by atoms with Crippen LogP contribution in [-0.4, -0.2) is 17.0 Å². The van der Waals surface area contributed by atoms with Crippen LogP contribution in [0.1, 0.15) is 64.7 Å². The molecule has 0 spiro atoms. The van der Waals surface area contributed by atoms with Crippen molar-refractivity contribution < 1.29 is 9.90 Å². The second kappa shape index (κ2) is 4.56. The fourth-order valence-corrected chi connectivity index (χ4v) is 6.65. The van der Waals surface area contributed by atoms with Crippen molar-refractivity contribution in [1.29, 1.82) is 0 Å². The van der Waals surface area contributed by atoms with E-state index in [4.69, 9.17) is 0 Å². The van der Waals surface area contributed by atoms with E-state index in [1.807, 2.05) is 0 Å². The molecule has 4 saturated carbocycles. The summed E-state index contributed by atoms with van der Waals surface area (Å²) >= 11 is 0. The molecule has 7 atom stereocenters. The average molecular weight is 276 g/mol. The van der Waals surface area contributed by atoms with E-state index in [9.17, 15) is 9.90 Å². The Morgan fingerprint density at radius 2 is 1.90 bits per heavy atom. The van der Waals surface area contributed by atoms with Crippen LogP contribution in [0.15, 0.2) is 0 Å². The molecule has 0 aromatic carbocycles. The number of carbonyl (C=O) groups excluding carboxylic acids is 1. The highest BCUT2D eigenvalue weighted by atomic mass is 16.3. The van der Waals surface area contributed by atoms with Crippen molar-refractivity contribution in [2.24, 2.45) is 35.0 Å². The summed E-state index contributed by atoms with van der Waals surface area (Å²) in [7, 11) is 0. The van der Waals surface area contributed by atoms with Gasteiger partial charge in [0.2, 0.25) is 0 Å². The first kappa shape index (κ1) is 13.3. The van der Waals surface area contributed by atoms with Crippen LogP contribution in [-0.2, 0) is 4.79 Å². The lowest BCUT2D eigenvalue weighted by atomic mass is 9.47. The van der Waals surface area contributed by atoms with Gasteiger partial charge in [0.05, 0.1) is 6.10 Å². The molecule has 4 aliphatic rings. The van der Waals surface area contributed by atoms with Gasteiger partial charge in [-0.05, 0) is 80.5 Å². The first-order chi connectivity index (χ1) is 9.59. The van der Waals surface area contributed by atoms with E-state index in [2.05, 4.69) is 6.92 Å². The predicted octanol–water partition coefficient (Wildman–Crippen LogP) is 3.57. The molecule has 4 rings (SSSR count). The first-order valence-corrected chi connectivity index (χ1v) is 8.80. The fourth-order valence-electron chi connectivity index (χ4n) is 6.65. The zero-order valence-electron chi connectivity index (χ0n) is 12.7. The van der Waals surface area contributed by atoms with Gasteiger partial charge in [0.25, 0.3) is 0 Å². The zero-order chi connectivity index (χ0) is 13.9. The van der Waals surface area contributed by atoms with Gasteiger partial charge in [-0.3, -0.25) is 4.79 Å². The molecule has 5 unspecified atom stereocenters. The minimum absolute atomic E-state index is 0.0472.